The molecule has 0 N–H and O–H groups in total. The van der Waals surface area contributed by atoms with E-state index >= 15 is 0 Å². The van der Waals surface area contributed by atoms with E-state index in [1.165, 1.54) is 18.7 Å². The zero-order valence-corrected chi connectivity index (χ0v) is 13.8. The molecule has 0 atom stereocenters. The van der Waals surface area contributed by atoms with Gasteiger partial charge in [0, 0.05) is 4.90 Å². The maximum absolute atomic E-state index is 12.3. The molecule has 122 valence electrons. The minimum absolute atomic E-state index is 0.0424. The minimum Gasteiger partial charge on any atom is -0.452 e. The van der Waals surface area contributed by atoms with Gasteiger partial charge in [-0.05, 0) is 31.2 Å². The summed E-state index contributed by atoms with van der Waals surface area (Å²) in [7, 11) is 0. The van der Waals surface area contributed by atoms with Gasteiger partial charge in [-0.15, -0.1) is 11.8 Å². The highest BCUT2D eigenvalue weighted by molar-refractivity contribution is 8.00. The number of oxazole rings is 1. The van der Waals surface area contributed by atoms with Gasteiger partial charge < -0.3 is 9.15 Å². The highest BCUT2D eigenvalue weighted by Gasteiger charge is 2.15. The Balaban J connectivity index is 1.69. The van der Waals surface area contributed by atoms with Crippen LogP contribution in [0.2, 0.25) is 0 Å². The van der Waals surface area contributed by atoms with Gasteiger partial charge in [0.05, 0.1) is 11.3 Å². The monoisotopic (exact) mass is 341 g/mol. The van der Waals surface area contributed by atoms with Gasteiger partial charge in [-0.3, -0.25) is 4.79 Å². The molecule has 1 aromatic heterocycles. The summed E-state index contributed by atoms with van der Waals surface area (Å²) in [5.41, 5.74) is 1.81. The summed E-state index contributed by atoms with van der Waals surface area (Å²) in [5.74, 6) is 0.243. The van der Waals surface area contributed by atoms with Gasteiger partial charge in [-0.2, -0.15) is 0 Å². The van der Waals surface area contributed by atoms with Gasteiger partial charge in [0.15, 0.2) is 12.2 Å². The van der Waals surface area contributed by atoms with Crippen molar-refractivity contribution in [2.24, 2.45) is 0 Å². The van der Waals surface area contributed by atoms with Crippen molar-refractivity contribution in [1.29, 1.82) is 0 Å². The molecule has 24 heavy (non-hydrogen) atoms. The Bertz CT molecular complexity index is 854. The molecule has 0 aliphatic heterocycles. The summed E-state index contributed by atoms with van der Waals surface area (Å²) in [6.45, 7) is 1.47. The Labute approximate surface area is 143 Å². The summed E-state index contributed by atoms with van der Waals surface area (Å²) in [4.78, 5) is 28.4. The van der Waals surface area contributed by atoms with Crippen molar-refractivity contribution in [3.8, 4) is 0 Å². The number of hydrogen-bond donors (Lipinski definition) is 0. The number of thioether (sulfide) groups is 1. The standard InChI is InChI=1S/C18H15NO4S/c1-12(20)11-24-16-9-5-2-6-13(16)18(21)22-10-17-19-14-7-3-4-8-15(14)23-17/h2-9H,10-11H2,1H3. The molecule has 0 spiro atoms. The lowest BCUT2D eigenvalue weighted by Gasteiger charge is -2.07. The summed E-state index contributed by atoms with van der Waals surface area (Å²) in [6, 6.07) is 14.4. The maximum Gasteiger partial charge on any atom is 0.339 e. The first kappa shape index (κ1) is 16.3. The van der Waals surface area contributed by atoms with Crippen LogP contribution in [0.5, 0.6) is 0 Å². The van der Waals surface area contributed by atoms with Crippen LogP contribution in [0.1, 0.15) is 23.2 Å². The van der Waals surface area contributed by atoms with E-state index < -0.39 is 5.97 Å². The number of para-hydroxylation sites is 2. The first-order valence-corrected chi connectivity index (χ1v) is 8.35. The third-order valence-electron chi connectivity index (χ3n) is 3.20. The second-order valence-electron chi connectivity index (χ2n) is 5.14. The molecule has 0 bridgehead atoms. The highest BCUT2D eigenvalue weighted by atomic mass is 32.2. The van der Waals surface area contributed by atoms with Crippen LogP contribution in [-0.4, -0.2) is 22.5 Å². The third kappa shape index (κ3) is 3.83. The van der Waals surface area contributed by atoms with Crippen molar-refractivity contribution >= 4 is 34.6 Å². The number of aromatic nitrogens is 1. The number of carbonyl (C=O) groups is 2. The van der Waals surface area contributed by atoms with E-state index in [0.29, 0.717) is 22.8 Å². The fourth-order valence-electron chi connectivity index (χ4n) is 2.13. The molecule has 0 unspecified atom stereocenters. The molecule has 0 aliphatic carbocycles. The lowest BCUT2D eigenvalue weighted by molar-refractivity contribution is -0.114. The number of nitrogens with zero attached hydrogens (tertiary/aromatic N) is 1. The van der Waals surface area contributed by atoms with Gasteiger partial charge in [-0.25, -0.2) is 9.78 Å². The highest BCUT2D eigenvalue weighted by Crippen LogP contribution is 2.24. The normalized spacial score (nSPS) is 10.7. The van der Waals surface area contributed by atoms with Gasteiger partial charge in [0.2, 0.25) is 5.89 Å². The summed E-state index contributed by atoms with van der Waals surface area (Å²) >= 11 is 1.32. The topological polar surface area (TPSA) is 69.4 Å². The summed E-state index contributed by atoms with van der Waals surface area (Å²) in [5, 5.41) is 0. The molecule has 6 heteroatoms. The predicted octanol–water partition coefficient (Wildman–Crippen LogP) is 3.87. The number of esters is 1. The van der Waals surface area contributed by atoms with Crippen molar-refractivity contribution in [1.82, 2.24) is 4.98 Å². The maximum atomic E-state index is 12.3. The molecule has 0 saturated heterocycles. The van der Waals surface area contributed by atoms with Crippen LogP contribution in [0.4, 0.5) is 0 Å². The Morgan fingerprint density at radius 3 is 2.67 bits per heavy atom. The van der Waals surface area contributed by atoms with E-state index in [-0.39, 0.29) is 12.4 Å². The van der Waals surface area contributed by atoms with Crippen LogP contribution >= 0.6 is 11.8 Å². The van der Waals surface area contributed by atoms with Gasteiger partial charge in [0.25, 0.3) is 0 Å². The summed E-state index contributed by atoms with van der Waals surface area (Å²) in [6.07, 6.45) is 0. The first-order chi connectivity index (χ1) is 11.6. The van der Waals surface area contributed by atoms with E-state index in [1.54, 1.807) is 24.3 Å². The van der Waals surface area contributed by atoms with Gasteiger partial charge >= 0.3 is 5.97 Å². The molecule has 0 saturated carbocycles. The van der Waals surface area contributed by atoms with E-state index in [2.05, 4.69) is 4.98 Å². The van der Waals surface area contributed by atoms with Crippen LogP contribution < -0.4 is 0 Å². The van der Waals surface area contributed by atoms with Crippen LogP contribution in [0.3, 0.4) is 0 Å². The number of benzene rings is 2. The Kier molecular flexibility index (Phi) is 4.96. The average Bonchev–Trinajstić information content (AvgIpc) is 3.01. The fourth-order valence-corrected chi connectivity index (χ4v) is 2.97. The number of Topliss-reactive ketones (excluding diaryl/α,β-unsaturated/α-hetero) is 1. The van der Waals surface area contributed by atoms with E-state index in [4.69, 9.17) is 9.15 Å². The molecule has 0 amide bonds. The lowest BCUT2D eigenvalue weighted by Crippen LogP contribution is -2.07. The third-order valence-corrected chi connectivity index (χ3v) is 4.42. The lowest BCUT2D eigenvalue weighted by atomic mass is 10.2. The van der Waals surface area contributed by atoms with Crippen molar-refractivity contribution in [2.75, 3.05) is 5.75 Å². The molecule has 0 radical (unpaired) electrons. The predicted molar refractivity (Wildman–Crippen MR) is 91.0 cm³/mol. The van der Waals surface area contributed by atoms with Crippen molar-refractivity contribution < 1.29 is 18.7 Å². The number of hydrogen-bond acceptors (Lipinski definition) is 6. The molecular formula is C18H15NO4S. The number of rotatable bonds is 6. The van der Waals surface area contributed by atoms with Crippen LogP contribution in [-0.2, 0) is 16.1 Å². The molecule has 0 aliphatic rings. The van der Waals surface area contributed by atoms with Crippen molar-refractivity contribution in [2.45, 2.75) is 18.4 Å². The second-order valence-corrected chi connectivity index (χ2v) is 6.16. The SMILES string of the molecule is CC(=O)CSc1ccccc1C(=O)OCc1nc2ccccc2o1. The zero-order chi connectivity index (χ0) is 16.9. The number of ether oxygens (including phenoxy) is 1. The molecule has 3 rings (SSSR count). The molecule has 0 fully saturated rings. The average molecular weight is 341 g/mol. The van der Waals surface area contributed by atoms with Gasteiger partial charge in [0.1, 0.15) is 11.3 Å². The number of carbonyl (C=O) groups excluding carboxylic acids is 2. The van der Waals surface area contributed by atoms with Crippen LogP contribution in [0, 0.1) is 0 Å². The fraction of sp³-hybridized carbons (Fsp3) is 0.167. The van der Waals surface area contributed by atoms with E-state index in [1.807, 2.05) is 24.3 Å². The largest absolute Gasteiger partial charge is 0.452 e. The zero-order valence-electron chi connectivity index (χ0n) is 13.0. The quantitative estimate of drug-likeness (QED) is 0.501. The first-order valence-electron chi connectivity index (χ1n) is 7.36. The van der Waals surface area contributed by atoms with Crippen LogP contribution in [0.25, 0.3) is 11.1 Å². The smallest absolute Gasteiger partial charge is 0.339 e. The van der Waals surface area contributed by atoms with Crippen molar-refractivity contribution in [3.63, 3.8) is 0 Å². The minimum atomic E-state index is -0.469. The molecule has 2 aromatic carbocycles. The van der Waals surface area contributed by atoms with E-state index in [0.717, 1.165) is 10.4 Å². The van der Waals surface area contributed by atoms with Crippen molar-refractivity contribution in [3.05, 3.63) is 60.0 Å². The summed E-state index contributed by atoms with van der Waals surface area (Å²) < 4.78 is 10.8. The van der Waals surface area contributed by atoms with Crippen LogP contribution in [0.15, 0.2) is 57.8 Å². The molecular weight excluding hydrogens is 326 g/mol. The molecule has 1 heterocycles. The Morgan fingerprint density at radius 1 is 1.12 bits per heavy atom. The Morgan fingerprint density at radius 2 is 1.88 bits per heavy atom. The number of ketones is 1. The molecule has 3 aromatic rings. The molecule has 5 nitrogen and oxygen atoms in total. The van der Waals surface area contributed by atoms with E-state index in [9.17, 15) is 9.59 Å². The number of fused-ring (bicyclic) bond motifs is 1. The second kappa shape index (κ2) is 7.31. The van der Waals surface area contributed by atoms with Gasteiger partial charge in [-0.1, -0.05) is 24.3 Å². The Hall–Kier alpha value is -2.60.